The van der Waals surface area contributed by atoms with E-state index in [1.807, 2.05) is 49.4 Å². The van der Waals surface area contributed by atoms with Gasteiger partial charge in [-0.1, -0.05) is 48.0 Å². The molecule has 0 saturated carbocycles. The van der Waals surface area contributed by atoms with Crippen LogP contribution in [-0.2, 0) is 19.8 Å². The van der Waals surface area contributed by atoms with E-state index in [4.69, 9.17) is 25.8 Å². The molecule has 0 aliphatic carbocycles. The average Bonchev–Trinajstić information content (AvgIpc) is 3.81. The molecule has 0 fully saturated rings. The van der Waals surface area contributed by atoms with Crippen LogP contribution in [-0.4, -0.2) is 29.9 Å². The first-order chi connectivity index (χ1) is 20.6. The smallest absolute Gasteiger partial charge is 0.165 e. The molecular formula is C31H30ClFN6O3. The van der Waals surface area contributed by atoms with Crippen molar-refractivity contribution >= 4 is 11.6 Å². The molecule has 9 nitrogen and oxygen atoms in total. The fourth-order valence-corrected chi connectivity index (χ4v) is 3.58. The Morgan fingerprint density at radius 2 is 1.17 bits per heavy atom. The number of imidazole rings is 3. The number of halogens is 2. The summed E-state index contributed by atoms with van der Waals surface area (Å²) in [6.07, 6.45) is 9.96. The number of ether oxygens (including phenoxy) is 3. The second kappa shape index (κ2) is 16.2. The minimum atomic E-state index is -0.355. The predicted molar refractivity (Wildman–Crippen MR) is 158 cm³/mol. The van der Waals surface area contributed by atoms with Crippen molar-refractivity contribution in [2.75, 3.05) is 0 Å². The van der Waals surface area contributed by atoms with Crippen molar-refractivity contribution in [3.8, 4) is 17.2 Å². The summed E-state index contributed by atoms with van der Waals surface area (Å²) in [5.41, 5.74) is 3.87. The molecule has 6 rings (SSSR count). The van der Waals surface area contributed by atoms with Gasteiger partial charge in [-0.25, -0.2) is 19.3 Å². The summed E-state index contributed by atoms with van der Waals surface area (Å²) < 4.78 is 29.4. The van der Waals surface area contributed by atoms with E-state index in [0.717, 1.165) is 34.1 Å². The van der Waals surface area contributed by atoms with Gasteiger partial charge in [0.15, 0.2) is 11.6 Å². The molecule has 3 N–H and O–H groups in total. The van der Waals surface area contributed by atoms with Gasteiger partial charge in [0.05, 0.1) is 54.7 Å². The molecule has 0 spiro atoms. The van der Waals surface area contributed by atoms with E-state index in [1.54, 1.807) is 61.8 Å². The van der Waals surface area contributed by atoms with E-state index < -0.39 is 0 Å². The van der Waals surface area contributed by atoms with Crippen molar-refractivity contribution in [1.82, 2.24) is 29.9 Å². The molecule has 3 heterocycles. The maximum atomic E-state index is 13.1. The van der Waals surface area contributed by atoms with Crippen LogP contribution >= 0.6 is 11.6 Å². The van der Waals surface area contributed by atoms with Gasteiger partial charge in [-0.3, -0.25) is 0 Å². The average molecular weight is 589 g/mol. The normalized spacial score (nSPS) is 10.1. The lowest BCUT2D eigenvalue weighted by Crippen LogP contribution is -1.97. The van der Waals surface area contributed by atoms with Crippen molar-refractivity contribution in [3.05, 3.63) is 144 Å². The Morgan fingerprint density at radius 1 is 0.643 bits per heavy atom. The van der Waals surface area contributed by atoms with Gasteiger partial charge < -0.3 is 29.2 Å². The zero-order chi connectivity index (χ0) is 29.4. The fourth-order valence-electron chi connectivity index (χ4n) is 3.40. The summed E-state index contributed by atoms with van der Waals surface area (Å²) in [7, 11) is 0. The van der Waals surface area contributed by atoms with E-state index in [0.29, 0.717) is 24.8 Å². The summed E-state index contributed by atoms with van der Waals surface area (Å²) in [5.74, 6) is 1.57. The van der Waals surface area contributed by atoms with Crippen LogP contribution in [0.25, 0.3) is 0 Å². The fraction of sp³-hybridized carbons (Fsp3) is 0.129. The zero-order valence-corrected chi connectivity index (χ0v) is 23.6. The van der Waals surface area contributed by atoms with Gasteiger partial charge in [0.2, 0.25) is 0 Å². The van der Waals surface area contributed by atoms with Crippen LogP contribution in [0.5, 0.6) is 17.2 Å². The van der Waals surface area contributed by atoms with Gasteiger partial charge in [0.25, 0.3) is 0 Å². The number of H-pyrrole nitrogens is 3. The van der Waals surface area contributed by atoms with E-state index in [1.165, 1.54) is 6.07 Å². The molecule has 0 unspecified atom stereocenters. The number of hydrogen-bond acceptors (Lipinski definition) is 6. The lowest BCUT2D eigenvalue weighted by atomic mass is 10.2. The third-order valence-corrected chi connectivity index (χ3v) is 5.79. The Balaban J connectivity index is 0.000000145. The maximum absolute atomic E-state index is 13.1. The standard InChI is InChI=1S/C11H12N2O.C10H9ClN2O.C10H9FN2O/c1-9-4-2-3-5-11(9)14-7-10-6-12-8-13-10;11-8-2-1-3-10(4-8)14-6-9-5-12-7-13-9;11-9-3-1-2-4-10(9)14-6-8-5-12-7-13-8/h2-6,8H,7H2,1H3,(H,12,13);2*1-5,7H,6H2,(H,12,13). The van der Waals surface area contributed by atoms with Crippen LogP contribution in [0, 0.1) is 12.7 Å². The lowest BCUT2D eigenvalue weighted by molar-refractivity contribution is 0.286. The second-order valence-corrected chi connectivity index (χ2v) is 9.19. The van der Waals surface area contributed by atoms with Gasteiger partial charge in [-0.05, 0) is 48.9 Å². The Morgan fingerprint density at radius 3 is 1.69 bits per heavy atom. The quantitative estimate of drug-likeness (QED) is 0.166. The number of aryl methyl sites for hydroxylation is 1. The molecule has 0 atom stereocenters. The molecule has 42 heavy (non-hydrogen) atoms. The highest BCUT2D eigenvalue weighted by Crippen LogP contribution is 2.19. The van der Waals surface area contributed by atoms with Crippen LogP contribution in [0.15, 0.2) is 110 Å². The number of benzene rings is 3. The minimum Gasteiger partial charge on any atom is -0.487 e. The Labute approximate surface area is 247 Å². The number of nitrogens with zero attached hydrogens (tertiary/aromatic N) is 3. The topological polar surface area (TPSA) is 114 Å². The third kappa shape index (κ3) is 10.1. The number of rotatable bonds is 9. The Hall–Kier alpha value is -5.09. The summed E-state index contributed by atoms with van der Waals surface area (Å²) >= 11 is 5.81. The molecule has 0 aliphatic heterocycles. The molecule has 216 valence electrons. The molecule has 0 radical (unpaired) electrons. The van der Waals surface area contributed by atoms with Crippen molar-refractivity contribution in [2.45, 2.75) is 26.7 Å². The monoisotopic (exact) mass is 588 g/mol. The molecule has 0 aliphatic rings. The molecule has 0 bridgehead atoms. The number of para-hydroxylation sites is 2. The van der Waals surface area contributed by atoms with Gasteiger partial charge >= 0.3 is 0 Å². The Bertz CT molecular complexity index is 1500. The predicted octanol–water partition coefficient (Wildman–Crippen LogP) is 7.07. The van der Waals surface area contributed by atoms with Crippen molar-refractivity contribution < 1.29 is 18.6 Å². The lowest BCUT2D eigenvalue weighted by Gasteiger charge is -2.06. The molecule has 6 aromatic rings. The van der Waals surface area contributed by atoms with Crippen molar-refractivity contribution in [3.63, 3.8) is 0 Å². The van der Waals surface area contributed by atoms with Crippen LogP contribution in [0.3, 0.4) is 0 Å². The molecule has 0 saturated heterocycles. The van der Waals surface area contributed by atoms with Gasteiger partial charge in [0.1, 0.15) is 31.3 Å². The maximum Gasteiger partial charge on any atom is 0.165 e. The number of aromatic nitrogens is 6. The first-order valence-corrected chi connectivity index (χ1v) is 13.3. The SMILES string of the molecule is Cc1ccccc1OCc1cnc[nH]1.Clc1cccc(OCc2cnc[nH]2)c1.Fc1ccccc1OCc1cnc[nH]1. The number of aromatic amines is 3. The highest BCUT2D eigenvalue weighted by Gasteiger charge is 2.02. The van der Waals surface area contributed by atoms with E-state index >= 15 is 0 Å². The molecule has 3 aromatic heterocycles. The largest absolute Gasteiger partial charge is 0.487 e. The molecular weight excluding hydrogens is 559 g/mol. The van der Waals surface area contributed by atoms with Crippen LogP contribution in [0.2, 0.25) is 5.02 Å². The summed E-state index contributed by atoms with van der Waals surface area (Å²) in [6, 6.07) is 21.6. The Kier molecular flexibility index (Phi) is 11.6. The first-order valence-electron chi connectivity index (χ1n) is 12.9. The van der Waals surface area contributed by atoms with Crippen molar-refractivity contribution in [1.29, 1.82) is 0 Å². The van der Waals surface area contributed by atoms with Crippen LogP contribution in [0.1, 0.15) is 22.6 Å². The van der Waals surface area contributed by atoms with Gasteiger partial charge in [-0.2, -0.15) is 0 Å². The summed E-state index contributed by atoms with van der Waals surface area (Å²) in [6.45, 7) is 3.33. The number of hydrogen-bond donors (Lipinski definition) is 3. The molecule has 3 aromatic carbocycles. The molecule has 11 heteroatoms. The third-order valence-electron chi connectivity index (χ3n) is 5.55. The molecule has 0 amide bonds. The highest BCUT2D eigenvalue weighted by atomic mass is 35.5. The van der Waals surface area contributed by atoms with E-state index in [2.05, 4.69) is 29.9 Å². The minimum absolute atomic E-state index is 0.252. The van der Waals surface area contributed by atoms with Gasteiger partial charge in [0, 0.05) is 5.02 Å². The van der Waals surface area contributed by atoms with E-state index in [9.17, 15) is 4.39 Å². The van der Waals surface area contributed by atoms with Crippen molar-refractivity contribution in [2.24, 2.45) is 0 Å². The van der Waals surface area contributed by atoms with Crippen LogP contribution in [0.4, 0.5) is 4.39 Å². The van der Waals surface area contributed by atoms with E-state index in [-0.39, 0.29) is 11.6 Å². The second-order valence-electron chi connectivity index (χ2n) is 8.75. The zero-order valence-electron chi connectivity index (χ0n) is 22.8. The summed E-state index contributed by atoms with van der Waals surface area (Å²) in [4.78, 5) is 20.5. The summed E-state index contributed by atoms with van der Waals surface area (Å²) in [5, 5.41) is 0.673. The van der Waals surface area contributed by atoms with Gasteiger partial charge in [-0.15, -0.1) is 0 Å². The highest BCUT2D eigenvalue weighted by molar-refractivity contribution is 6.30. The number of nitrogens with one attached hydrogen (secondary N) is 3. The van der Waals surface area contributed by atoms with Crippen LogP contribution < -0.4 is 14.2 Å². The first kappa shape index (κ1) is 29.9.